The zero-order chi connectivity index (χ0) is 17.1. The second-order valence-corrected chi connectivity index (χ2v) is 6.84. The highest BCUT2D eigenvalue weighted by Crippen LogP contribution is 2.20. The van der Waals surface area contributed by atoms with Crippen molar-refractivity contribution in [2.75, 3.05) is 31.1 Å². The number of carbonyl (C=O) groups excluding carboxylic acids is 1. The summed E-state index contributed by atoms with van der Waals surface area (Å²) in [6.45, 7) is 4.00. The van der Waals surface area contributed by atoms with Crippen LogP contribution in [-0.4, -0.2) is 51.5 Å². The van der Waals surface area contributed by atoms with Crippen LogP contribution in [0.5, 0.6) is 0 Å². The molecule has 1 amide bonds. The lowest BCUT2D eigenvalue weighted by Gasteiger charge is -2.35. The van der Waals surface area contributed by atoms with Crippen LogP contribution in [0, 0.1) is 0 Å². The molecular weight excluding hydrogens is 314 g/mol. The number of rotatable bonds is 4. The van der Waals surface area contributed by atoms with Gasteiger partial charge in [0.2, 0.25) is 5.91 Å². The van der Waals surface area contributed by atoms with Gasteiger partial charge in [-0.15, -0.1) is 0 Å². The maximum absolute atomic E-state index is 12.6. The van der Waals surface area contributed by atoms with Gasteiger partial charge in [-0.05, 0) is 37.8 Å². The van der Waals surface area contributed by atoms with E-state index in [9.17, 15) is 4.79 Å². The highest BCUT2D eigenvalue weighted by molar-refractivity contribution is 5.76. The van der Waals surface area contributed by atoms with E-state index in [4.69, 9.17) is 0 Å². The molecule has 1 saturated heterocycles. The van der Waals surface area contributed by atoms with Crippen molar-refractivity contribution < 1.29 is 4.79 Å². The average molecular weight is 339 g/mol. The van der Waals surface area contributed by atoms with E-state index in [1.165, 1.54) is 24.2 Å². The predicted molar refractivity (Wildman–Crippen MR) is 96.5 cm³/mol. The smallest absolute Gasteiger partial charge is 0.224 e. The standard InChI is InChI=1S/C19H25N5O/c25-19(8-10-24-15-21-16-5-1-2-6-17(16)24)23-13-11-22(12-14-23)18-7-3-4-9-20-18/h3-4,7,9,15H,1-2,5-6,8,10-14H2. The summed E-state index contributed by atoms with van der Waals surface area (Å²) >= 11 is 0. The molecule has 0 radical (unpaired) electrons. The van der Waals surface area contributed by atoms with Gasteiger partial charge in [0.25, 0.3) is 0 Å². The molecule has 0 N–H and O–H groups in total. The highest BCUT2D eigenvalue weighted by atomic mass is 16.2. The average Bonchev–Trinajstić information content (AvgIpc) is 3.10. The Morgan fingerprint density at radius 2 is 1.88 bits per heavy atom. The molecule has 2 aliphatic rings. The zero-order valence-electron chi connectivity index (χ0n) is 14.6. The third-order valence-corrected chi connectivity index (χ3v) is 5.28. The van der Waals surface area contributed by atoms with Crippen LogP contribution in [0.2, 0.25) is 0 Å². The van der Waals surface area contributed by atoms with Crippen molar-refractivity contribution in [3.63, 3.8) is 0 Å². The number of hydrogen-bond donors (Lipinski definition) is 0. The maximum Gasteiger partial charge on any atom is 0.224 e. The lowest BCUT2D eigenvalue weighted by Crippen LogP contribution is -2.49. The molecule has 2 aromatic heterocycles. The molecule has 0 atom stereocenters. The minimum atomic E-state index is 0.249. The van der Waals surface area contributed by atoms with Crippen molar-refractivity contribution in [1.29, 1.82) is 0 Å². The minimum absolute atomic E-state index is 0.249. The summed E-state index contributed by atoms with van der Waals surface area (Å²) < 4.78 is 2.19. The molecule has 0 bridgehead atoms. The summed E-state index contributed by atoms with van der Waals surface area (Å²) in [5.41, 5.74) is 2.58. The Kier molecular flexibility index (Phi) is 4.68. The van der Waals surface area contributed by atoms with E-state index in [1.807, 2.05) is 35.6 Å². The summed E-state index contributed by atoms with van der Waals surface area (Å²) in [5, 5.41) is 0. The number of hydrogen-bond acceptors (Lipinski definition) is 4. The number of aromatic nitrogens is 3. The molecule has 6 nitrogen and oxygen atoms in total. The maximum atomic E-state index is 12.6. The lowest BCUT2D eigenvalue weighted by atomic mass is 10.0. The van der Waals surface area contributed by atoms with Crippen LogP contribution in [-0.2, 0) is 24.2 Å². The van der Waals surface area contributed by atoms with Crippen molar-refractivity contribution in [1.82, 2.24) is 19.4 Å². The summed E-state index contributed by atoms with van der Waals surface area (Å²) in [4.78, 5) is 25.7. The van der Waals surface area contributed by atoms with Gasteiger partial charge in [0.1, 0.15) is 5.82 Å². The van der Waals surface area contributed by atoms with Gasteiger partial charge in [0.15, 0.2) is 0 Å². The molecule has 0 saturated carbocycles. The van der Waals surface area contributed by atoms with Crippen LogP contribution in [0.15, 0.2) is 30.7 Å². The van der Waals surface area contributed by atoms with Gasteiger partial charge in [-0.25, -0.2) is 9.97 Å². The first-order valence-corrected chi connectivity index (χ1v) is 9.28. The van der Waals surface area contributed by atoms with E-state index in [-0.39, 0.29) is 5.91 Å². The number of amides is 1. The first-order valence-electron chi connectivity index (χ1n) is 9.28. The molecule has 25 heavy (non-hydrogen) atoms. The third-order valence-electron chi connectivity index (χ3n) is 5.28. The van der Waals surface area contributed by atoms with Gasteiger partial charge < -0.3 is 14.4 Å². The third kappa shape index (κ3) is 3.52. The van der Waals surface area contributed by atoms with E-state index in [0.717, 1.165) is 51.4 Å². The molecule has 1 aliphatic carbocycles. The molecule has 4 rings (SSSR count). The van der Waals surface area contributed by atoms with Crippen LogP contribution in [0.3, 0.4) is 0 Å². The van der Waals surface area contributed by atoms with Crippen LogP contribution in [0.4, 0.5) is 5.82 Å². The van der Waals surface area contributed by atoms with Crippen molar-refractivity contribution in [2.24, 2.45) is 0 Å². The number of fused-ring (bicyclic) bond motifs is 1. The molecule has 0 spiro atoms. The van der Waals surface area contributed by atoms with Gasteiger partial charge in [-0.1, -0.05) is 6.07 Å². The Labute approximate surface area is 148 Å². The number of aryl methyl sites for hydroxylation is 2. The van der Waals surface area contributed by atoms with E-state index >= 15 is 0 Å². The van der Waals surface area contributed by atoms with Gasteiger partial charge in [-0.3, -0.25) is 4.79 Å². The van der Waals surface area contributed by atoms with E-state index in [0.29, 0.717) is 6.42 Å². The van der Waals surface area contributed by atoms with Crippen LogP contribution in [0.1, 0.15) is 30.7 Å². The quantitative estimate of drug-likeness (QED) is 0.854. The number of carbonyl (C=O) groups is 1. The topological polar surface area (TPSA) is 54.3 Å². The Hall–Kier alpha value is -2.37. The van der Waals surface area contributed by atoms with Crippen LogP contribution < -0.4 is 4.90 Å². The minimum Gasteiger partial charge on any atom is -0.353 e. The van der Waals surface area contributed by atoms with E-state index < -0.39 is 0 Å². The van der Waals surface area contributed by atoms with Gasteiger partial charge in [0, 0.05) is 51.0 Å². The Bertz CT molecular complexity index is 719. The second kappa shape index (κ2) is 7.25. The predicted octanol–water partition coefficient (Wildman–Crippen LogP) is 1.90. The Balaban J connectivity index is 1.29. The van der Waals surface area contributed by atoms with Gasteiger partial charge >= 0.3 is 0 Å². The summed E-state index contributed by atoms with van der Waals surface area (Å²) in [6.07, 6.45) is 8.97. The van der Waals surface area contributed by atoms with Crippen LogP contribution in [0.25, 0.3) is 0 Å². The van der Waals surface area contributed by atoms with Gasteiger partial charge in [0.05, 0.1) is 12.0 Å². The SMILES string of the molecule is O=C(CCn1cnc2c1CCCC2)N1CCN(c2ccccn2)CC1. The summed E-state index contributed by atoms with van der Waals surface area (Å²) in [7, 11) is 0. The van der Waals surface area contributed by atoms with Crippen molar-refractivity contribution in [2.45, 2.75) is 38.6 Å². The molecule has 3 heterocycles. The van der Waals surface area contributed by atoms with Crippen molar-refractivity contribution >= 4 is 11.7 Å². The van der Waals surface area contributed by atoms with Crippen LogP contribution >= 0.6 is 0 Å². The number of piperazine rings is 1. The molecule has 132 valence electrons. The number of pyridine rings is 1. The molecule has 0 unspecified atom stereocenters. The zero-order valence-corrected chi connectivity index (χ0v) is 14.6. The fraction of sp³-hybridized carbons (Fsp3) is 0.526. The number of anilines is 1. The monoisotopic (exact) mass is 339 g/mol. The Morgan fingerprint density at radius 3 is 2.68 bits per heavy atom. The first kappa shape index (κ1) is 16.1. The van der Waals surface area contributed by atoms with Crippen molar-refractivity contribution in [3.8, 4) is 0 Å². The van der Waals surface area contributed by atoms with E-state index in [1.54, 1.807) is 0 Å². The number of imidazole rings is 1. The molecular formula is C19H25N5O. The highest BCUT2D eigenvalue weighted by Gasteiger charge is 2.22. The molecule has 0 aromatic carbocycles. The second-order valence-electron chi connectivity index (χ2n) is 6.84. The van der Waals surface area contributed by atoms with E-state index in [2.05, 4.69) is 19.4 Å². The molecule has 1 aliphatic heterocycles. The summed E-state index contributed by atoms with van der Waals surface area (Å²) in [5.74, 6) is 1.25. The number of nitrogens with zero attached hydrogens (tertiary/aromatic N) is 5. The first-order chi connectivity index (χ1) is 12.3. The van der Waals surface area contributed by atoms with Gasteiger partial charge in [-0.2, -0.15) is 0 Å². The fourth-order valence-corrected chi connectivity index (χ4v) is 3.82. The lowest BCUT2D eigenvalue weighted by molar-refractivity contribution is -0.131. The Morgan fingerprint density at radius 1 is 1.04 bits per heavy atom. The molecule has 1 fully saturated rings. The summed E-state index contributed by atoms with van der Waals surface area (Å²) in [6, 6.07) is 5.96. The molecule has 2 aromatic rings. The van der Waals surface area contributed by atoms with Crippen molar-refractivity contribution in [3.05, 3.63) is 42.1 Å². The normalized spacial score (nSPS) is 17.4. The largest absolute Gasteiger partial charge is 0.353 e. The fourth-order valence-electron chi connectivity index (χ4n) is 3.82. The molecule has 6 heteroatoms.